The number of benzene rings is 2. The summed E-state index contributed by atoms with van der Waals surface area (Å²) in [4.78, 5) is 0. The van der Waals surface area contributed by atoms with E-state index in [0.717, 1.165) is 11.6 Å². The number of H-pyrrole nitrogens is 1. The van der Waals surface area contributed by atoms with Crippen LogP contribution in [0.1, 0.15) is 31.4 Å². The first-order chi connectivity index (χ1) is 14.4. The third kappa shape index (κ3) is 4.61. The fourth-order valence-corrected chi connectivity index (χ4v) is 3.88. The van der Waals surface area contributed by atoms with Gasteiger partial charge in [-0.25, -0.2) is 4.39 Å². The third-order valence-electron chi connectivity index (χ3n) is 5.43. The van der Waals surface area contributed by atoms with Crippen LogP contribution in [0, 0.1) is 12.7 Å². The van der Waals surface area contributed by atoms with Crippen molar-refractivity contribution in [2.75, 3.05) is 19.0 Å². The van der Waals surface area contributed by atoms with Crippen molar-refractivity contribution < 1.29 is 27.4 Å². The second-order valence-electron chi connectivity index (χ2n) is 8.43. The fraction of sp³-hybridized carbons (Fsp3) is 0.409. The third-order valence-corrected chi connectivity index (χ3v) is 5.43. The maximum atomic E-state index is 14.0. The zero-order valence-corrected chi connectivity index (χ0v) is 17.7. The lowest BCUT2D eigenvalue weighted by Crippen LogP contribution is -2.53. The van der Waals surface area contributed by atoms with E-state index in [0.29, 0.717) is 16.6 Å². The van der Waals surface area contributed by atoms with E-state index < -0.39 is 36.0 Å². The molecule has 0 aliphatic heterocycles. The maximum absolute atomic E-state index is 14.0. The molecule has 1 unspecified atom stereocenters. The van der Waals surface area contributed by atoms with Gasteiger partial charge < -0.3 is 15.2 Å². The molecule has 9 heteroatoms. The summed E-state index contributed by atoms with van der Waals surface area (Å²) in [5.74, 6) is -0.345. The first-order valence-electron chi connectivity index (χ1n) is 9.67. The summed E-state index contributed by atoms with van der Waals surface area (Å²) in [6.45, 7) is 4.05. The van der Waals surface area contributed by atoms with Crippen molar-refractivity contribution in [3.8, 4) is 5.75 Å². The van der Waals surface area contributed by atoms with E-state index in [4.69, 9.17) is 4.74 Å². The van der Waals surface area contributed by atoms with E-state index in [1.165, 1.54) is 39.3 Å². The van der Waals surface area contributed by atoms with Crippen LogP contribution < -0.4 is 10.1 Å². The van der Waals surface area contributed by atoms with Crippen LogP contribution in [0.4, 0.5) is 23.2 Å². The summed E-state index contributed by atoms with van der Waals surface area (Å²) < 4.78 is 61.2. The SMILES string of the molecule is COc1ccc(F)cc1C(C)(C)CC(O)(CNc1cc(C)cc2[nH]ncc12)C(F)(F)F. The van der Waals surface area contributed by atoms with E-state index >= 15 is 0 Å². The molecular weight excluding hydrogens is 414 g/mol. The molecule has 0 radical (unpaired) electrons. The van der Waals surface area contributed by atoms with Crippen LogP contribution in [0.5, 0.6) is 5.75 Å². The number of nitrogens with zero attached hydrogens (tertiary/aromatic N) is 1. The number of aliphatic hydroxyl groups is 1. The number of hydrogen-bond acceptors (Lipinski definition) is 4. The van der Waals surface area contributed by atoms with Gasteiger partial charge >= 0.3 is 6.18 Å². The maximum Gasteiger partial charge on any atom is 0.418 e. The van der Waals surface area contributed by atoms with E-state index in [-0.39, 0.29) is 11.3 Å². The largest absolute Gasteiger partial charge is 0.496 e. The van der Waals surface area contributed by atoms with Gasteiger partial charge in [-0.05, 0) is 54.7 Å². The summed E-state index contributed by atoms with van der Waals surface area (Å²) in [6.07, 6.45) is -4.14. The molecule has 1 aromatic heterocycles. The molecule has 1 heterocycles. The van der Waals surface area contributed by atoms with Crippen molar-refractivity contribution in [2.24, 2.45) is 0 Å². The molecule has 0 saturated carbocycles. The highest BCUT2D eigenvalue weighted by atomic mass is 19.4. The van der Waals surface area contributed by atoms with Crippen molar-refractivity contribution in [2.45, 2.75) is 44.4 Å². The predicted molar refractivity (Wildman–Crippen MR) is 111 cm³/mol. The second-order valence-corrected chi connectivity index (χ2v) is 8.43. The second kappa shape index (κ2) is 8.03. The predicted octanol–water partition coefficient (Wildman–Crippen LogP) is 5.09. The number of aromatic amines is 1. The number of hydrogen-bond donors (Lipinski definition) is 3. The van der Waals surface area contributed by atoms with Crippen LogP contribution in [0.3, 0.4) is 0 Å². The average Bonchev–Trinajstić information content (AvgIpc) is 3.13. The summed E-state index contributed by atoms with van der Waals surface area (Å²) >= 11 is 0. The lowest BCUT2D eigenvalue weighted by molar-refractivity contribution is -0.260. The lowest BCUT2D eigenvalue weighted by Gasteiger charge is -2.38. The summed E-state index contributed by atoms with van der Waals surface area (Å²) in [7, 11) is 1.36. The van der Waals surface area contributed by atoms with E-state index in [1.54, 1.807) is 13.0 Å². The minimum Gasteiger partial charge on any atom is -0.496 e. The molecule has 0 aliphatic rings. The van der Waals surface area contributed by atoms with Gasteiger partial charge in [-0.1, -0.05) is 13.8 Å². The molecule has 2 aromatic carbocycles. The lowest BCUT2D eigenvalue weighted by atomic mass is 9.74. The minimum absolute atomic E-state index is 0.241. The number of rotatable bonds is 7. The Morgan fingerprint density at radius 3 is 2.52 bits per heavy atom. The Morgan fingerprint density at radius 2 is 1.87 bits per heavy atom. The Bertz CT molecular complexity index is 1080. The molecular formula is C22H25F4N3O2. The van der Waals surface area contributed by atoms with Gasteiger partial charge in [0.1, 0.15) is 11.6 Å². The molecule has 3 rings (SSSR count). The van der Waals surface area contributed by atoms with Crippen molar-refractivity contribution >= 4 is 16.6 Å². The molecule has 3 aromatic rings. The van der Waals surface area contributed by atoms with E-state index in [1.807, 2.05) is 6.07 Å². The average molecular weight is 439 g/mol. The molecule has 0 aliphatic carbocycles. The van der Waals surface area contributed by atoms with Crippen LogP contribution in [0.25, 0.3) is 10.9 Å². The molecule has 3 N–H and O–H groups in total. The zero-order valence-electron chi connectivity index (χ0n) is 17.7. The Hall–Kier alpha value is -2.81. The number of aromatic nitrogens is 2. The number of halogens is 4. The Kier molecular flexibility index (Phi) is 5.92. The van der Waals surface area contributed by atoms with Gasteiger partial charge in [-0.3, -0.25) is 5.10 Å². The number of aryl methyl sites for hydroxylation is 1. The Balaban J connectivity index is 1.94. The van der Waals surface area contributed by atoms with Gasteiger partial charge in [0.05, 0.1) is 25.4 Å². The van der Waals surface area contributed by atoms with Gasteiger partial charge in [0.25, 0.3) is 0 Å². The van der Waals surface area contributed by atoms with Crippen molar-refractivity contribution in [3.05, 3.63) is 53.5 Å². The topological polar surface area (TPSA) is 70.2 Å². The van der Waals surface area contributed by atoms with Crippen molar-refractivity contribution in [1.82, 2.24) is 10.2 Å². The number of anilines is 1. The summed E-state index contributed by atoms with van der Waals surface area (Å²) in [5, 5.41) is 20.8. The summed E-state index contributed by atoms with van der Waals surface area (Å²) in [5.41, 5.74) is -2.19. The van der Waals surface area contributed by atoms with E-state index in [2.05, 4.69) is 15.5 Å². The molecule has 1 atom stereocenters. The molecule has 5 nitrogen and oxygen atoms in total. The molecule has 0 amide bonds. The monoisotopic (exact) mass is 439 g/mol. The fourth-order valence-electron chi connectivity index (χ4n) is 3.88. The number of alkyl halides is 3. The van der Waals surface area contributed by atoms with Gasteiger partial charge in [0.2, 0.25) is 0 Å². The molecule has 0 fully saturated rings. The smallest absolute Gasteiger partial charge is 0.418 e. The van der Waals surface area contributed by atoms with Crippen LogP contribution >= 0.6 is 0 Å². The standard InChI is InChI=1S/C22H25F4N3O2/c1-13-7-17(15-10-28-29-18(15)8-13)27-12-21(30,22(24,25)26)11-20(2,3)16-9-14(23)5-6-19(16)31-4/h5-10,27,30H,11-12H2,1-4H3,(H,28,29). The molecule has 31 heavy (non-hydrogen) atoms. The number of ether oxygens (including phenoxy) is 1. The number of nitrogens with one attached hydrogen (secondary N) is 2. The van der Waals surface area contributed by atoms with Crippen LogP contribution in [0.15, 0.2) is 36.5 Å². The van der Waals surface area contributed by atoms with Gasteiger partial charge in [-0.2, -0.15) is 18.3 Å². The normalized spacial score (nSPS) is 14.5. The van der Waals surface area contributed by atoms with Gasteiger partial charge in [-0.15, -0.1) is 0 Å². The number of fused-ring (bicyclic) bond motifs is 1. The summed E-state index contributed by atoms with van der Waals surface area (Å²) in [6, 6.07) is 7.18. The highest BCUT2D eigenvalue weighted by Crippen LogP contribution is 2.44. The van der Waals surface area contributed by atoms with Crippen LogP contribution in [-0.4, -0.2) is 40.7 Å². The highest BCUT2D eigenvalue weighted by molar-refractivity contribution is 5.91. The van der Waals surface area contributed by atoms with Crippen LogP contribution in [-0.2, 0) is 5.41 Å². The molecule has 0 saturated heterocycles. The van der Waals surface area contributed by atoms with Crippen molar-refractivity contribution in [1.29, 1.82) is 0 Å². The van der Waals surface area contributed by atoms with E-state index in [9.17, 15) is 22.7 Å². The van der Waals surface area contributed by atoms with Gasteiger partial charge in [0, 0.05) is 16.6 Å². The minimum atomic E-state index is -4.93. The Morgan fingerprint density at radius 1 is 1.16 bits per heavy atom. The van der Waals surface area contributed by atoms with Crippen molar-refractivity contribution in [3.63, 3.8) is 0 Å². The quantitative estimate of drug-likeness (QED) is 0.449. The number of methoxy groups -OCH3 is 1. The molecule has 168 valence electrons. The van der Waals surface area contributed by atoms with Gasteiger partial charge in [0.15, 0.2) is 5.60 Å². The first-order valence-corrected chi connectivity index (χ1v) is 9.67. The zero-order chi connectivity index (χ0) is 23.0. The molecule has 0 bridgehead atoms. The highest BCUT2D eigenvalue weighted by Gasteiger charge is 2.56. The molecule has 0 spiro atoms. The van der Waals surface area contributed by atoms with Crippen LogP contribution in [0.2, 0.25) is 0 Å². The first kappa shape index (κ1) is 22.9. The Labute approximate surface area is 177 Å².